The molecule has 2 aromatic rings. The molecule has 0 saturated carbocycles. The van der Waals surface area contributed by atoms with Crippen LogP contribution in [-0.2, 0) is 9.59 Å². The van der Waals surface area contributed by atoms with E-state index >= 15 is 0 Å². The van der Waals surface area contributed by atoms with Gasteiger partial charge in [0.1, 0.15) is 0 Å². The van der Waals surface area contributed by atoms with Crippen LogP contribution in [0.4, 0.5) is 11.4 Å². The van der Waals surface area contributed by atoms with Crippen LogP contribution in [0.2, 0.25) is 5.02 Å². The Morgan fingerprint density at radius 3 is 2.21 bits per heavy atom. The van der Waals surface area contributed by atoms with Crippen molar-refractivity contribution in [1.29, 1.82) is 0 Å². The maximum atomic E-state index is 12.6. The first kappa shape index (κ1) is 21.4. The highest BCUT2D eigenvalue weighted by molar-refractivity contribution is 6.30. The summed E-state index contributed by atoms with van der Waals surface area (Å²) in [6, 6.07) is 13.5. The predicted molar refractivity (Wildman–Crippen MR) is 112 cm³/mol. The van der Waals surface area contributed by atoms with Crippen LogP contribution in [0.3, 0.4) is 0 Å². The number of halogens is 1. The summed E-state index contributed by atoms with van der Waals surface area (Å²) in [5.41, 5.74) is 0.828. The Kier molecular flexibility index (Phi) is 7.18. The minimum absolute atomic E-state index is 0.106. The van der Waals surface area contributed by atoms with Crippen LogP contribution < -0.4 is 16.0 Å². The molecule has 0 aliphatic rings. The molecule has 0 aliphatic carbocycles. The average Bonchev–Trinajstić information content (AvgIpc) is 2.63. The zero-order valence-electron chi connectivity index (χ0n) is 16.1. The van der Waals surface area contributed by atoms with Crippen molar-refractivity contribution in [1.82, 2.24) is 5.32 Å². The van der Waals surface area contributed by atoms with Crippen LogP contribution in [0.5, 0.6) is 0 Å². The summed E-state index contributed by atoms with van der Waals surface area (Å²) in [7, 11) is 0. The number of carbonyl (C=O) groups is 3. The molecule has 2 rings (SSSR count). The summed E-state index contributed by atoms with van der Waals surface area (Å²) >= 11 is 5.85. The van der Waals surface area contributed by atoms with E-state index in [2.05, 4.69) is 16.0 Å². The third-order valence-electron chi connectivity index (χ3n) is 3.87. The fraction of sp³-hybridized carbons (Fsp3) is 0.286. The van der Waals surface area contributed by atoms with Crippen molar-refractivity contribution in [2.45, 2.75) is 27.2 Å². The van der Waals surface area contributed by atoms with Crippen molar-refractivity contribution < 1.29 is 14.4 Å². The van der Waals surface area contributed by atoms with Crippen LogP contribution in [-0.4, -0.2) is 24.3 Å². The van der Waals surface area contributed by atoms with Crippen molar-refractivity contribution in [2.75, 3.05) is 17.2 Å². The molecule has 3 N–H and O–H groups in total. The Bertz CT molecular complexity index is 858. The molecule has 3 amide bonds. The molecule has 0 spiro atoms. The quantitative estimate of drug-likeness (QED) is 0.681. The predicted octanol–water partition coefficient (Wildman–Crippen LogP) is 4.08. The van der Waals surface area contributed by atoms with Gasteiger partial charge in [0.25, 0.3) is 5.91 Å². The van der Waals surface area contributed by atoms with Gasteiger partial charge in [-0.2, -0.15) is 0 Å². The molecule has 28 heavy (non-hydrogen) atoms. The van der Waals surface area contributed by atoms with Gasteiger partial charge in [0.05, 0.1) is 11.3 Å². The number of rotatable bonds is 6. The third kappa shape index (κ3) is 6.39. The molecule has 6 nitrogen and oxygen atoms in total. The lowest BCUT2D eigenvalue weighted by molar-refractivity contribution is -0.128. The van der Waals surface area contributed by atoms with E-state index in [9.17, 15) is 14.4 Å². The second-order valence-electron chi connectivity index (χ2n) is 7.31. The second kappa shape index (κ2) is 9.37. The molecule has 0 heterocycles. The maximum Gasteiger partial charge on any atom is 0.257 e. The highest BCUT2D eigenvalue weighted by atomic mass is 35.5. The lowest BCUT2D eigenvalue weighted by Gasteiger charge is -2.17. The molecule has 0 aromatic heterocycles. The highest BCUT2D eigenvalue weighted by Crippen LogP contribution is 2.19. The van der Waals surface area contributed by atoms with Gasteiger partial charge in [0.2, 0.25) is 11.8 Å². The number of para-hydroxylation sites is 1. The van der Waals surface area contributed by atoms with E-state index < -0.39 is 5.41 Å². The van der Waals surface area contributed by atoms with Gasteiger partial charge in [0, 0.05) is 29.1 Å². The molecular formula is C21H24ClN3O3. The first-order valence-electron chi connectivity index (χ1n) is 8.91. The van der Waals surface area contributed by atoms with Crippen LogP contribution in [0.1, 0.15) is 37.6 Å². The van der Waals surface area contributed by atoms with E-state index in [0.29, 0.717) is 22.0 Å². The second-order valence-corrected chi connectivity index (χ2v) is 7.75. The number of carbonyl (C=O) groups excluding carboxylic acids is 3. The van der Waals surface area contributed by atoms with Crippen molar-refractivity contribution in [3.8, 4) is 0 Å². The van der Waals surface area contributed by atoms with Gasteiger partial charge >= 0.3 is 0 Å². The van der Waals surface area contributed by atoms with Crippen molar-refractivity contribution in [3.05, 3.63) is 59.1 Å². The number of anilines is 2. The number of hydrogen-bond donors (Lipinski definition) is 3. The fourth-order valence-corrected chi connectivity index (χ4v) is 2.42. The summed E-state index contributed by atoms with van der Waals surface area (Å²) in [5.74, 6) is -0.761. The van der Waals surface area contributed by atoms with Crippen LogP contribution in [0.25, 0.3) is 0 Å². The Morgan fingerprint density at radius 2 is 1.57 bits per heavy atom. The van der Waals surface area contributed by atoms with Gasteiger partial charge in [-0.25, -0.2) is 0 Å². The van der Waals surface area contributed by atoms with E-state index in [0.717, 1.165) is 0 Å². The standard InChI is InChI=1S/C21H24ClN3O3/c1-21(2,3)20(28)23-13-12-18(26)25-17-7-5-4-6-16(17)19(27)24-15-10-8-14(22)9-11-15/h4-11H,12-13H2,1-3H3,(H,23,28)(H,24,27)(H,25,26). The molecule has 2 aromatic carbocycles. The Balaban J connectivity index is 1.97. The van der Waals surface area contributed by atoms with Crippen LogP contribution >= 0.6 is 11.6 Å². The lowest BCUT2D eigenvalue weighted by Crippen LogP contribution is -2.36. The first-order valence-corrected chi connectivity index (χ1v) is 9.29. The summed E-state index contributed by atoms with van der Waals surface area (Å²) in [5, 5.41) is 8.79. The number of benzene rings is 2. The van der Waals surface area contributed by atoms with E-state index in [-0.39, 0.29) is 30.7 Å². The van der Waals surface area contributed by atoms with Gasteiger partial charge in [-0.3, -0.25) is 14.4 Å². The Morgan fingerprint density at radius 1 is 0.929 bits per heavy atom. The molecule has 0 aliphatic heterocycles. The minimum Gasteiger partial charge on any atom is -0.355 e. The molecule has 7 heteroatoms. The Labute approximate surface area is 169 Å². The average molecular weight is 402 g/mol. The largest absolute Gasteiger partial charge is 0.355 e. The highest BCUT2D eigenvalue weighted by Gasteiger charge is 2.20. The number of amides is 3. The molecule has 0 atom stereocenters. The van der Waals surface area contributed by atoms with Crippen molar-refractivity contribution >= 4 is 40.7 Å². The normalized spacial score (nSPS) is 10.9. The zero-order valence-corrected chi connectivity index (χ0v) is 16.9. The van der Waals surface area contributed by atoms with Crippen LogP contribution in [0, 0.1) is 5.41 Å². The fourth-order valence-electron chi connectivity index (χ4n) is 2.29. The van der Waals surface area contributed by atoms with Gasteiger partial charge in [-0.05, 0) is 36.4 Å². The SMILES string of the molecule is CC(C)(C)C(=O)NCCC(=O)Nc1ccccc1C(=O)Nc1ccc(Cl)cc1. The number of hydrogen-bond acceptors (Lipinski definition) is 3. The topological polar surface area (TPSA) is 87.3 Å². The smallest absolute Gasteiger partial charge is 0.257 e. The lowest BCUT2D eigenvalue weighted by atomic mass is 9.96. The van der Waals surface area contributed by atoms with Crippen molar-refractivity contribution in [3.63, 3.8) is 0 Å². The molecule has 0 bridgehead atoms. The van der Waals surface area contributed by atoms with Gasteiger partial charge < -0.3 is 16.0 Å². The van der Waals surface area contributed by atoms with E-state index in [1.165, 1.54) is 0 Å². The van der Waals surface area contributed by atoms with Gasteiger partial charge in [0.15, 0.2) is 0 Å². The molecule has 0 radical (unpaired) electrons. The molecule has 0 fully saturated rings. The molecule has 0 saturated heterocycles. The summed E-state index contributed by atoms with van der Waals surface area (Å²) in [6.07, 6.45) is 0.106. The maximum absolute atomic E-state index is 12.6. The first-order chi connectivity index (χ1) is 13.2. The zero-order chi connectivity index (χ0) is 20.7. The summed E-state index contributed by atoms with van der Waals surface area (Å²) in [6.45, 7) is 5.63. The Hall–Kier alpha value is -2.86. The molecule has 148 valence electrons. The van der Waals surface area contributed by atoms with Gasteiger partial charge in [-0.1, -0.05) is 44.5 Å². The van der Waals surface area contributed by atoms with Gasteiger partial charge in [-0.15, -0.1) is 0 Å². The van der Waals surface area contributed by atoms with E-state index in [1.54, 1.807) is 69.3 Å². The van der Waals surface area contributed by atoms with E-state index in [1.807, 2.05) is 0 Å². The van der Waals surface area contributed by atoms with Crippen molar-refractivity contribution in [2.24, 2.45) is 5.41 Å². The summed E-state index contributed by atoms with van der Waals surface area (Å²) < 4.78 is 0. The molecule has 0 unspecified atom stereocenters. The third-order valence-corrected chi connectivity index (χ3v) is 4.12. The number of nitrogens with one attached hydrogen (secondary N) is 3. The minimum atomic E-state index is -0.511. The van der Waals surface area contributed by atoms with Crippen LogP contribution in [0.15, 0.2) is 48.5 Å². The summed E-state index contributed by atoms with van der Waals surface area (Å²) in [4.78, 5) is 36.6. The monoisotopic (exact) mass is 401 g/mol. The molecular weight excluding hydrogens is 378 g/mol. The van der Waals surface area contributed by atoms with E-state index in [4.69, 9.17) is 11.6 Å².